The minimum atomic E-state index is -4.10. The van der Waals surface area contributed by atoms with Crippen molar-refractivity contribution < 1.29 is 17.2 Å². The third kappa shape index (κ3) is 2.57. The number of sulfonamides is 1. The molecule has 20 heavy (non-hydrogen) atoms. The summed E-state index contributed by atoms with van der Waals surface area (Å²) in [7, 11) is -2.48. The first kappa shape index (κ1) is 14.3. The average Bonchev–Trinajstić information content (AvgIpc) is 2.65. The number of imidazole rings is 1. The van der Waals surface area contributed by atoms with E-state index < -0.39 is 27.3 Å². The Morgan fingerprint density at radius 1 is 1.35 bits per heavy atom. The van der Waals surface area contributed by atoms with Gasteiger partial charge in [0.25, 0.3) is 10.0 Å². The Balaban J connectivity index is 2.43. The Morgan fingerprint density at radius 2 is 2.00 bits per heavy atom. The number of rotatable bonds is 3. The number of aromatic nitrogens is 2. The molecule has 2 rings (SSSR count). The van der Waals surface area contributed by atoms with Crippen molar-refractivity contribution in [3.05, 3.63) is 35.8 Å². The number of nitrogen functional groups attached to an aromatic ring is 1. The zero-order chi connectivity index (χ0) is 15.1. The van der Waals surface area contributed by atoms with Crippen molar-refractivity contribution in [2.75, 3.05) is 10.5 Å². The van der Waals surface area contributed by atoms with E-state index in [2.05, 4.69) is 4.98 Å². The van der Waals surface area contributed by atoms with E-state index in [0.717, 1.165) is 6.07 Å². The van der Waals surface area contributed by atoms with Crippen LogP contribution in [0.3, 0.4) is 0 Å². The molecule has 0 aliphatic rings. The molecule has 3 N–H and O–H groups in total. The van der Waals surface area contributed by atoms with E-state index in [4.69, 9.17) is 5.73 Å². The van der Waals surface area contributed by atoms with E-state index >= 15 is 0 Å². The smallest absolute Gasteiger partial charge is 0.281 e. The predicted octanol–water partition coefficient (Wildman–Crippen LogP) is 1.39. The monoisotopic (exact) mass is 302 g/mol. The van der Waals surface area contributed by atoms with Crippen molar-refractivity contribution in [2.45, 2.75) is 11.9 Å². The molecule has 0 amide bonds. The molecule has 0 bridgehead atoms. The lowest BCUT2D eigenvalue weighted by atomic mass is 10.2. The summed E-state index contributed by atoms with van der Waals surface area (Å²) in [5.74, 6) is -1.52. The third-order valence-electron chi connectivity index (χ3n) is 2.68. The van der Waals surface area contributed by atoms with Gasteiger partial charge in [0.15, 0.2) is 10.8 Å². The molecule has 0 spiro atoms. The highest BCUT2D eigenvalue weighted by molar-refractivity contribution is 7.92. The van der Waals surface area contributed by atoms with Gasteiger partial charge in [0.1, 0.15) is 17.3 Å². The molecule has 6 nitrogen and oxygen atoms in total. The quantitative estimate of drug-likeness (QED) is 0.838. The van der Waals surface area contributed by atoms with Crippen molar-refractivity contribution >= 4 is 21.4 Å². The standard InChI is InChI=1S/C11H12F2N4O2S/c1-6-15-10(5-17(6)2)20(18,19)16-11-8(13)3-7(12)4-9(11)14/h3-5,16H,14H2,1-2H3. The summed E-state index contributed by atoms with van der Waals surface area (Å²) >= 11 is 0. The number of hydrogen-bond donors (Lipinski definition) is 2. The van der Waals surface area contributed by atoms with Crippen LogP contribution in [-0.4, -0.2) is 18.0 Å². The fraction of sp³-hybridized carbons (Fsp3) is 0.182. The Kier molecular flexibility index (Phi) is 3.38. The minimum Gasteiger partial charge on any atom is -0.397 e. The molecule has 0 aliphatic carbocycles. The maximum Gasteiger partial charge on any atom is 0.281 e. The molecule has 1 aromatic heterocycles. The molecular formula is C11H12F2N4O2S. The van der Waals surface area contributed by atoms with Crippen LogP contribution in [0.25, 0.3) is 0 Å². The molecule has 0 atom stereocenters. The Hall–Kier alpha value is -2.16. The van der Waals surface area contributed by atoms with Gasteiger partial charge in [-0.1, -0.05) is 0 Å². The minimum absolute atomic E-state index is 0.277. The van der Waals surface area contributed by atoms with Gasteiger partial charge in [0, 0.05) is 19.3 Å². The molecule has 0 unspecified atom stereocenters. The van der Waals surface area contributed by atoms with Gasteiger partial charge in [0.2, 0.25) is 0 Å². The van der Waals surface area contributed by atoms with E-state index in [1.807, 2.05) is 4.72 Å². The summed E-state index contributed by atoms with van der Waals surface area (Å²) in [5, 5.41) is -0.277. The highest BCUT2D eigenvalue weighted by atomic mass is 32.2. The van der Waals surface area contributed by atoms with E-state index in [1.54, 1.807) is 14.0 Å². The first-order valence-electron chi connectivity index (χ1n) is 5.48. The Morgan fingerprint density at radius 3 is 2.50 bits per heavy atom. The number of hydrogen-bond acceptors (Lipinski definition) is 4. The highest BCUT2D eigenvalue weighted by Crippen LogP contribution is 2.26. The fourth-order valence-electron chi connectivity index (χ4n) is 1.54. The van der Waals surface area contributed by atoms with Crippen LogP contribution >= 0.6 is 0 Å². The van der Waals surface area contributed by atoms with Crippen molar-refractivity contribution in [3.63, 3.8) is 0 Å². The summed E-state index contributed by atoms with van der Waals surface area (Å²) in [4.78, 5) is 3.83. The van der Waals surface area contributed by atoms with E-state index in [1.165, 1.54) is 10.8 Å². The lowest BCUT2D eigenvalue weighted by Crippen LogP contribution is -2.16. The van der Waals surface area contributed by atoms with Crippen molar-refractivity contribution in [1.29, 1.82) is 0 Å². The molecule has 0 radical (unpaired) electrons. The van der Waals surface area contributed by atoms with Crippen molar-refractivity contribution in [2.24, 2.45) is 7.05 Å². The van der Waals surface area contributed by atoms with Gasteiger partial charge in [-0.2, -0.15) is 8.42 Å². The Bertz CT molecular complexity index is 728. The molecule has 9 heteroatoms. The van der Waals surface area contributed by atoms with E-state index in [9.17, 15) is 17.2 Å². The van der Waals surface area contributed by atoms with Crippen LogP contribution in [0.1, 0.15) is 5.82 Å². The SMILES string of the molecule is Cc1nc(S(=O)(=O)Nc2c(N)cc(F)cc2F)cn1C. The molecule has 1 aromatic carbocycles. The first-order valence-corrected chi connectivity index (χ1v) is 6.96. The average molecular weight is 302 g/mol. The normalized spacial score (nSPS) is 11.6. The van der Waals surface area contributed by atoms with Gasteiger partial charge >= 0.3 is 0 Å². The maximum atomic E-state index is 13.6. The lowest BCUT2D eigenvalue weighted by molar-refractivity contribution is 0.583. The summed E-state index contributed by atoms with van der Waals surface area (Å²) in [6.45, 7) is 1.62. The molecule has 0 fully saturated rings. The number of halogens is 2. The summed E-state index contributed by atoms with van der Waals surface area (Å²) in [6.07, 6.45) is 1.27. The van der Waals surface area contributed by atoms with Crippen molar-refractivity contribution in [1.82, 2.24) is 9.55 Å². The third-order valence-corrected chi connectivity index (χ3v) is 3.90. The maximum absolute atomic E-state index is 13.6. The van der Waals surface area contributed by atoms with Crippen LogP contribution in [0, 0.1) is 18.6 Å². The lowest BCUT2D eigenvalue weighted by Gasteiger charge is -2.09. The van der Waals surface area contributed by atoms with Crippen LogP contribution in [0.5, 0.6) is 0 Å². The molecule has 108 valence electrons. The van der Waals surface area contributed by atoms with Gasteiger partial charge < -0.3 is 10.3 Å². The first-order chi connectivity index (χ1) is 9.20. The van der Waals surface area contributed by atoms with Gasteiger partial charge in [-0.15, -0.1) is 0 Å². The van der Waals surface area contributed by atoms with Crippen LogP contribution in [-0.2, 0) is 17.1 Å². The van der Waals surface area contributed by atoms with Gasteiger partial charge in [-0.25, -0.2) is 13.8 Å². The van der Waals surface area contributed by atoms with Crippen molar-refractivity contribution in [3.8, 4) is 0 Å². The fourth-order valence-corrected chi connectivity index (χ4v) is 2.68. The molecule has 1 heterocycles. The van der Waals surface area contributed by atoms with Gasteiger partial charge in [0.05, 0.1) is 5.69 Å². The number of nitrogens with one attached hydrogen (secondary N) is 1. The second-order valence-electron chi connectivity index (χ2n) is 4.19. The van der Waals surface area contributed by atoms with Crippen LogP contribution in [0.2, 0.25) is 0 Å². The molecule has 0 saturated carbocycles. The van der Waals surface area contributed by atoms with Crippen LogP contribution < -0.4 is 10.5 Å². The topological polar surface area (TPSA) is 90.0 Å². The number of aryl methyl sites for hydroxylation is 2. The molecule has 2 aromatic rings. The summed E-state index contributed by atoms with van der Waals surface area (Å²) < 4.78 is 54.1. The summed E-state index contributed by atoms with van der Waals surface area (Å²) in [5.41, 5.74) is 4.56. The number of benzene rings is 1. The van der Waals surface area contributed by atoms with E-state index in [-0.39, 0.29) is 10.7 Å². The van der Waals surface area contributed by atoms with Gasteiger partial charge in [-0.05, 0) is 13.0 Å². The largest absolute Gasteiger partial charge is 0.397 e. The second kappa shape index (κ2) is 4.75. The van der Waals surface area contributed by atoms with Crippen LogP contribution in [0.15, 0.2) is 23.4 Å². The molecule has 0 aliphatic heterocycles. The zero-order valence-corrected chi connectivity index (χ0v) is 11.5. The molecule has 0 saturated heterocycles. The number of anilines is 2. The predicted molar refractivity (Wildman–Crippen MR) is 69.5 cm³/mol. The Labute approximate surface area is 114 Å². The number of nitrogens with zero attached hydrogens (tertiary/aromatic N) is 2. The highest BCUT2D eigenvalue weighted by Gasteiger charge is 2.22. The van der Waals surface area contributed by atoms with Gasteiger partial charge in [-0.3, -0.25) is 4.72 Å². The zero-order valence-electron chi connectivity index (χ0n) is 10.7. The summed E-state index contributed by atoms with van der Waals surface area (Å²) in [6, 6.07) is 1.36. The second-order valence-corrected chi connectivity index (χ2v) is 5.82. The molecular weight excluding hydrogens is 290 g/mol. The van der Waals surface area contributed by atoms with E-state index in [0.29, 0.717) is 11.9 Å². The number of nitrogens with two attached hydrogens (primary N) is 1. The van der Waals surface area contributed by atoms with Crippen LogP contribution in [0.4, 0.5) is 20.2 Å².